The molecule has 0 radical (unpaired) electrons. The van der Waals surface area contributed by atoms with Crippen LogP contribution in [0.3, 0.4) is 0 Å². The number of aryl methyl sites for hydroxylation is 1. The third-order valence-electron chi connectivity index (χ3n) is 3.68. The zero-order chi connectivity index (χ0) is 17.5. The molecular formula is C19H22ClNO3. The molecule has 1 unspecified atom stereocenters. The monoisotopic (exact) mass is 347 g/mol. The highest BCUT2D eigenvalue weighted by molar-refractivity contribution is 6.31. The van der Waals surface area contributed by atoms with Gasteiger partial charge < -0.3 is 14.8 Å². The Morgan fingerprint density at radius 2 is 2.00 bits per heavy atom. The summed E-state index contributed by atoms with van der Waals surface area (Å²) in [5.74, 6) is 0. The lowest BCUT2D eigenvalue weighted by Gasteiger charge is -2.16. The number of halogens is 1. The van der Waals surface area contributed by atoms with E-state index >= 15 is 0 Å². The second-order valence-electron chi connectivity index (χ2n) is 5.62. The molecule has 2 aromatic rings. The van der Waals surface area contributed by atoms with Crippen molar-refractivity contribution in [3.63, 3.8) is 0 Å². The number of benzene rings is 2. The Morgan fingerprint density at radius 3 is 2.71 bits per heavy atom. The third-order valence-corrected chi connectivity index (χ3v) is 4.05. The Morgan fingerprint density at radius 1 is 1.21 bits per heavy atom. The van der Waals surface area contributed by atoms with Crippen molar-refractivity contribution in [2.24, 2.45) is 0 Å². The standard InChI is InChI=1S/C19H22ClNO3/c1-13-5-4-6-15(9-13)11-23-14(2)16-7-8-18(20)17(10-16)12-24-19(22)21-3/h4-10,14H,11-12H2,1-3H3,(H,21,22). The maximum Gasteiger partial charge on any atom is 0.407 e. The number of hydrogen-bond donors (Lipinski definition) is 1. The van der Waals surface area contributed by atoms with Gasteiger partial charge in [0.15, 0.2) is 0 Å². The summed E-state index contributed by atoms with van der Waals surface area (Å²) in [7, 11) is 1.52. The normalized spacial score (nSPS) is 11.8. The van der Waals surface area contributed by atoms with E-state index in [1.54, 1.807) is 6.07 Å². The fourth-order valence-electron chi connectivity index (χ4n) is 2.29. The minimum Gasteiger partial charge on any atom is -0.445 e. The average Bonchev–Trinajstić information content (AvgIpc) is 2.58. The van der Waals surface area contributed by atoms with Crippen molar-refractivity contribution in [1.29, 1.82) is 0 Å². The summed E-state index contributed by atoms with van der Waals surface area (Å²) in [6.07, 6.45) is -0.582. The highest BCUT2D eigenvalue weighted by Gasteiger charge is 2.11. The van der Waals surface area contributed by atoms with E-state index in [0.29, 0.717) is 11.6 Å². The van der Waals surface area contributed by atoms with E-state index in [0.717, 1.165) is 16.7 Å². The third kappa shape index (κ3) is 5.25. The van der Waals surface area contributed by atoms with Crippen molar-refractivity contribution < 1.29 is 14.3 Å². The molecule has 0 aromatic heterocycles. The molecule has 0 aliphatic rings. The largest absolute Gasteiger partial charge is 0.445 e. The quantitative estimate of drug-likeness (QED) is 0.817. The van der Waals surface area contributed by atoms with Crippen molar-refractivity contribution >= 4 is 17.7 Å². The number of carbonyl (C=O) groups is 1. The Balaban J connectivity index is 2.00. The summed E-state index contributed by atoms with van der Waals surface area (Å²) in [5.41, 5.74) is 4.09. The molecule has 5 heteroatoms. The van der Waals surface area contributed by atoms with Gasteiger partial charge in [0.1, 0.15) is 6.61 Å². The van der Waals surface area contributed by atoms with Crippen LogP contribution in [0.2, 0.25) is 5.02 Å². The first kappa shape index (κ1) is 18.3. The van der Waals surface area contributed by atoms with Gasteiger partial charge in [-0.05, 0) is 37.1 Å². The molecule has 0 fully saturated rings. The molecule has 1 atom stereocenters. The van der Waals surface area contributed by atoms with E-state index in [1.165, 1.54) is 12.6 Å². The maximum atomic E-state index is 11.2. The lowest BCUT2D eigenvalue weighted by molar-refractivity contribution is 0.0524. The van der Waals surface area contributed by atoms with Gasteiger partial charge in [-0.25, -0.2) is 4.79 Å². The molecule has 0 saturated heterocycles. The molecule has 0 aliphatic carbocycles. The van der Waals surface area contributed by atoms with Crippen molar-refractivity contribution in [1.82, 2.24) is 5.32 Å². The molecule has 1 amide bonds. The fraction of sp³-hybridized carbons (Fsp3) is 0.316. The Bertz CT molecular complexity index is 703. The van der Waals surface area contributed by atoms with Crippen LogP contribution in [0.4, 0.5) is 4.79 Å². The van der Waals surface area contributed by atoms with Crippen LogP contribution in [0.5, 0.6) is 0 Å². The van der Waals surface area contributed by atoms with E-state index in [1.807, 2.05) is 31.2 Å². The first-order valence-electron chi connectivity index (χ1n) is 7.79. The molecule has 0 bridgehead atoms. The van der Waals surface area contributed by atoms with E-state index in [2.05, 4.69) is 24.4 Å². The smallest absolute Gasteiger partial charge is 0.407 e. The molecule has 2 rings (SSSR count). The second-order valence-corrected chi connectivity index (χ2v) is 6.03. The van der Waals surface area contributed by atoms with Crippen LogP contribution >= 0.6 is 11.6 Å². The van der Waals surface area contributed by atoms with Crippen molar-refractivity contribution in [2.75, 3.05) is 7.05 Å². The summed E-state index contributed by atoms with van der Waals surface area (Å²) in [6, 6.07) is 13.9. The lowest BCUT2D eigenvalue weighted by Crippen LogP contribution is -2.19. The number of alkyl carbamates (subject to hydrolysis) is 1. The van der Waals surface area contributed by atoms with E-state index < -0.39 is 6.09 Å². The van der Waals surface area contributed by atoms with Gasteiger partial charge >= 0.3 is 6.09 Å². The number of hydrogen-bond acceptors (Lipinski definition) is 3. The zero-order valence-electron chi connectivity index (χ0n) is 14.1. The van der Waals surface area contributed by atoms with Gasteiger partial charge in [-0.1, -0.05) is 47.5 Å². The SMILES string of the molecule is CNC(=O)OCc1cc(C(C)OCc2cccc(C)c2)ccc1Cl. The number of amides is 1. The molecule has 2 aromatic carbocycles. The van der Waals surface area contributed by atoms with Crippen LogP contribution in [0.25, 0.3) is 0 Å². The number of rotatable bonds is 6. The predicted molar refractivity (Wildman–Crippen MR) is 95.1 cm³/mol. The van der Waals surface area contributed by atoms with Gasteiger partial charge in [0.05, 0.1) is 12.7 Å². The molecule has 0 saturated carbocycles. The maximum absolute atomic E-state index is 11.2. The minimum atomic E-state index is -0.486. The number of ether oxygens (including phenoxy) is 2. The van der Waals surface area contributed by atoms with Crippen LogP contribution < -0.4 is 5.32 Å². The van der Waals surface area contributed by atoms with Gasteiger partial charge in [0.2, 0.25) is 0 Å². The van der Waals surface area contributed by atoms with Crippen LogP contribution in [0, 0.1) is 6.92 Å². The summed E-state index contributed by atoms with van der Waals surface area (Å²) in [4.78, 5) is 11.2. The molecule has 0 spiro atoms. The highest BCUT2D eigenvalue weighted by Crippen LogP contribution is 2.25. The van der Waals surface area contributed by atoms with Crippen LogP contribution in [-0.2, 0) is 22.7 Å². The second kappa shape index (κ2) is 8.71. The van der Waals surface area contributed by atoms with E-state index in [4.69, 9.17) is 21.1 Å². The number of carbonyl (C=O) groups excluding carboxylic acids is 1. The first-order valence-corrected chi connectivity index (χ1v) is 8.17. The summed E-state index contributed by atoms with van der Waals surface area (Å²) in [6.45, 7) is 4.71. The molecule has 128 valence electrons. The molecular weight excluding hydrogens is 326 g/mol. The Kier molecular flexibility index (Phi) is 6.64. The fourth-order valence-corrected chi connectivity index (χ4v) is 2.47. The van der Waals surface area contributed by atoms with Gasteiger partial charge in [-0.3, -0.25) is 0 Å². The zero-order valence-corrected chi connectivity index (χ0v) is 14.9. The van der Waals surface area contributed by atoms with Gasteiger partial charge in [-0.15, -0.1) is 0 Å². The van der Waals surface area contributed by atoms with Gasteiger partial charge in [-0.2, -0.15) is 0 Å². The van der Waals surface area contributed by atoms with Crippen LogP contribution in [0.15, 0.2) is 42.5 Å². The molecule has 1 N–H and O–H groups in total. The first-order chi connectivity index (χ1) is 11.5. The minimum absolute atomic E-state index is 0.0958. The Labute approximate surface area is 147 Å². The van der Waals surface area contributed by atoms with E-state index in [-0.39, 0.29) is 12.7 Å². The summed E-state index contributed by atoms with van der Waals surface area (Å²) >= 11 is 6.17. The molecule has 24 heavy (non-hydrogen) atoms. The van der Waals surface area contributed by atoms with Gasteiger partial charge in [0.25, 0.3) is 0 Å². The summed E-state index contributed by atoms with van der Waals surface area (Å²) < 4.78 is 11.0. The van der Waals surface area contributed by atoms with Crippen LogP contribution in [0.1, 0.15) is 35.3 Å². The molecule has 0 aliphatic heterocycles. The van der Waals surface area contributed by atoms with Crippen molar-refractivity contribution in [3.05, 3.63) is 69.7 Å². The van der Waals surface area contributed by atoms with Crippen molar-refractivity contribution in [2.45, 2.75) is 33.2 Å². The Hall–Kier alpha value is -2.04. The van der Waals surface area contributed by atoms with Gasteiger partial charge in [0, 0.05) is 17.6 Å². The number of nitrogens with one attached hydrogen (secondary N) is 1. The predicted octanol–water partition coefficient (Wildman–Crippen LogP) is 4.78. The topological polar surface area (TPSA) is 47.6 Å². The van der Waals surface area contributed by atoms with Crippen LogP contribution in [-0.4, -0.2) is 13.1 Å². The lowest BCUT2D eigenvalue weighted by atomic mass is 10.1. The average molecular weight is 348 g/mol. The van der Waals surface area contributed by atoms with Crippen molar-refractivity contribution in [3.8, 4) is 0 Å². The van der Waals surface area contributed by atoms with E-state index in [9.17, 15) is 4.79 Å². The molecule has 0 heterocycles. The highest BCUT2D eigenvalue weighted by atomic mass is 35.5. The summed E-state index contributed by atoms with van der Waals surface area (Å²) in [5, 5.41) is 2.97. The molecule has 4 nitrogen and oxygen atoms in total.